The van der Waals surface area contributed by atoms with E-state index >= 15 is 0 Å². The fourth-order valence-electron chi connectivity index (χ4n) is 2.21. The molecular weight excluding hydrogens is 279 g/mol. The van der Waals surface area contributed by atoms with E-state index in [1.54, 1.807) is 6.07 Å². The first kappa shape index (κ1) is 16.4. The number of carbonyl (C=O) groups excluding carboxylic acids is 1. The number of benzene rings is 2. The first-order valence-corrected chi connectivity index (χ1v) is 7.39. The van der Waals surface area contributed by atoms with E-state index in [9.17, 15) is 9.18 Å². The Balaban J connectivity index is 2.08. The van der Waals surface area contributed by atoms with Gasteiger partial charge >= 0.3 is 0 Å². The van der Waals surface area contributed by atoms with Crippen molar-refractivity contribution in [1.29, 1.82) is 0 Å². The molecule has 0 atom stereocenters. The second-order valence-corrected chi connectivity index (χ2v) is 6.01. The molecule has 0 heterocycles. The number of hydrogen-bond acceptors (Lipinski definition) is 2. The van der Waals surface area contributed by atoms with Crippen LogP contribution in [-0.2, 0) is 22.6 Å². The fraction of sp³-hybridized carbons (Fsp3) is 0.316. The summed E-state index contributed by atoms with van der Waals surface area (Å²) in [6.07, 6.45) is 1.74. The van der Waals surface area contributed by atoms with Gasteiger partial charge in [-0.2, -0.15) is 0 Å². The zero-order valence-electron chi connectivity index (χ0n) is 13.0. The van der Waals surface area contributed by atoms with Crippen molar-refractivity contribution in [3.63, 3.8) is 0 Å². The number of rotatable bonds is 7. The van der Waals surface area contributed by atoms with Gasteiger partial charge in [0.15, 0.2) is 0 Å². The summed E-state index contributed by atoms with van der Waals surface area (Å²) >= 11 is 0. The Morgan fingerprint density at radius 3 is 2.50 bits per heavy atom. The molecule has 0 fully saturated rings. The van der Waals surface area contributed by atoms with Crippen molar-refractivity contribution in [2.75, 3.05) is 0 Å². The lowest BCUT2D eigenvalue weighted by Crippen LogP contribution is -2.24. The summed E-state index contributed by atoms with van der Waals surface area (Å²) in [7, 11) is 0. The molecule has 116 valence electrons. The Bertz CT molecular complexity index is 621. The van der Waals surface area contributed by atoms with Gasteiger partial charge in [-0.05, 0) is 36.6 Å². The van der Waals surface area contributed by atoms with E-state index in [-0.39, 0.29) is 5.82 Å². The van der Waals surface area contributed by atoms with Crippen LogP contribution in [0, 0.1) is 5.82 Å². The monoisotopic (exact) mass is 300 g/mol. The number of halogens is 1. The van der Waals surface area contributed by atoms with Gasteiger partial charge in [-0.1, -0.05) is 42.5 Å². The topological polar surface area (TPSA) is 26.3 Å². The van der Waals surface area contributed by atoms with E-state index < -0.39 is 5.60 Å². The summed E-state index contributed by atoms with van der Waals surface area (Å²) in [5.74, 6) is -0.209. The zero-order chi connectivity index (χ0) is 16.0. The molecule has 0 saturated carbocycles. The van der Waals surface area contributed by atoms with E-state index in [1.165, 1.54) is 6.07 Å². The highest BCUT2D eigenvalue weighted by Crippen LogP contribution is 2.19. The van der Waals surface area contributed by atoms with E-state index in [2.05, 4.69) is 0 Å². The van der Waals surface area contributed by atoms with Crippen LogP contribution in [0.15, 0.2) is 48.5 Å². The smallest absolute Gasteiger partial charge is 0.126 e. The van der Waals surface area contributed by atoms with E-state index in [0.717, 1.165) is 17.4 Å². The van der Waals surface area contributed by atoms with Crippen LogP contribution in [0.2, 0.25) is 0 Å². The summed E-state index contributed by atoms with van der Waals surface area (Å²) in [5, 5.41) is 0. The van der Waals surface area contributed by atoms with Crippen molar-refractivity contribution < 1.29 is 13.9 Å². The van der Waals surface area contributed by atoms with Gasteiger partial charge in [-0.15, -0.1) is 0 Å². The normalized spacial score (nSPS) is 11.4. The van der Waals surface area contributed by atoms with Crippen molar-refractivity contribution in [3.05, 3.63) is 71.0 Å². The summed E-state index contributed by atoms with van der Waals surface area (Å²) in [4.78, 5) is 10.6. The molecule has 22 heavy (non-hydrogen) atoms. The third-order valence-electron chi connectivity index (χ3n) is 3.55. The molecule has 0 aliphatic carbocycles. The highest BCUT2D eigenvalue weighted by molar-refractivity contribution is 5.51. The Morgan fingerprint density at radius 1 is 1.09 bits per heavy atom. The average Bonchev–Trinajstić information content (AvgIpc) is 2.49. The van der Waals surface area contributed by atoms with E-state index in [1.807, 2.05) is 50.2 Å². The molecule has 2 aromatic carbocycles. The molecule has 0 aliphatic rings. The molecule has 3 heteroatoms. The largest absolute Gasteiger partial charge is 0.370 e. The summed E-state index contributed by atoms with van der Waals surface area (Å²) < 4.78 is 19.7. The second kappa shape index (κ2) is 7.32. The van der Waals surface area contributed by atoms with Crippen molar-refractivity contribution in [2.24, 2.45) is 0 Å². The second-order valence-electron chi connectivity index (χ2n) is 6.01. The maximum Gasteiger partial charge on any atom is 0.126 e. The Labute approximate surface area is 130 Å². The first-order chi connectivity index (χ1) is 10.5. The number of ether oxygens (including phenoxy) is 1. The lowest BCUT2D eigenvalue weighted by molar-refractivity contribution is -0.114. The molecule has 0 radical (unpaired) electrons. The molecule has 0 spiro atoms. The molecule has 0 unspecified atom stereocenters. The molecule has 0 aromatic heterocycles. The summed E-state index contributed by atoms with van der Waals surface area (Å²) in [6.45, 7) is 4.11. The van der Waals surface area contributed by atoms with Crippen molar-refractivity contribution in [2.45, 2.75) is 38.9 Å². The summed E-state index contributed by atoms with van der Waals surface area (Å²) in [5.41, 5.74) is 2.13. The predicted octanol–water partition coefficient (Wildman–Crippen LogP) is 4.30. The van der Waals surface area contributed by atoms with E-state index in [4.69, 9.17) is 4.74 Å². The lowest BCUT2D eigenvalue weighted by Gasteiger charge is -2.23. The minimum Gasteiger partial charge on any atom is -0.370 e. The van der Waals surface area contributed by atoms with E-state index in [0.29, 0.717) is 25.0 Å². The molecular formula is C19H21FO2. The average molecular weight is 300 g/mol. The zero-order valence-corrected chi connectivity index (χ0v) is 13.0. The quantitative estimate of drug-likeness (QED) is 0.713. The molecule has 0 amide bonds. The molecule has 0 N–H and O–H groups in total. The molecule has 2 nitrogen and oxygen atoms in total. The number of carbonyl (C=O) groups is 1. The van der Waals surface area contributed by atoms with Crippen LogP contribution in [0.3, 0.4) is 0 Å². The molecule has 2 aromatic rings. The first-order valence-electron chi connectivity index (χ1n) is 7.39. The number of hydrogen-bond donors (Lipinski definition) is 0. The Kier molecular flexibility index (Phi) is 5.45. The lowest BCUT2D eigenvalue weighted by atomic mass is 10.0. The molecule has 2 rings (SSSR count). The molecule has 0 saturated heterocycles. The predicted molar refractivity (Wildman–Crippen MR) is 85.2 cm³/mol. The Morgan fingerprint density at radius 2 is 1.82 bits per heavy atom. The third kappa shape index (κ3) is 4.78. The minimum absolute atomic E-state index is 0.209. The van der Waals surface area contributed by atoms with Crippen molar-refractivity contribution >= 4 is 6.29 Å². The van der Waals surface area contributed by atoms with Gasteiger partial charge in [0.1, 0.15) is 12.1 Å². The SMILES string of the molecule is CC(C)(CC=O)OCc1ccc(F)c(Cc2ccccc2)c1. The van der Waals surface area contributed by atoms with Crippen LogP contribution in [0.5, 0.6) is 0 Å². The van der Waals surface area contributed by atoms with Gasteiger partial charge < -0.3 is 9.53 Å². The van der Waals surface area contributed by atoms with Gasteiger partial charge in [0, 0.05) is 12.8 Å². The third-order valence-corrected chi connectivity index (χ3v) is 3.55. The molecule has 0 bridgehead atoms. The van der Waals surface area contributed by atoms with Gasteiger partial charge in [0.2, 0.25) is 0 Å². The van der Waals surface area contributed by atoms with Crippen LogP contribution in [0.4, 0.5) is 4.39 Å². The van der Waals surface area contributed by atoms with Crippen LogP contribution < -0.4 is 0 Å². The minimum atomic E-state index is -0.504. The van der Waals surface area contributed by atoms with Crippen molar-refractivity contribution in [1.82, 2.24) is 0 Å². The van der Waals surface area contributed by atoms with Gasteiger partial charge in [-0.25, -0.2) is 4.39 Å². The highest BCUT2D eigenvalue weighted by atomic mass is 19.1. The highest BCUT2D eigenvalue weighted by Gasteiger charge is 2.17. The fourth-order valence-corrected chi connectivity index (χ4v) is 2.21. The molecule has 0 aliphatic heterocycles. The van der Waals surface area contributed by atoms with Crippen LogP contribution in [0.25, 0.3) is 0 Å². The standard InChI is InChI=1S/C19H21FO2/c1-19(2,10-11-21)22-14-16-8-9-18(20)17(13-16)12-15-6-4-3-5-7-15/h3-9,11,13H,10,12,14H2,1-2H3. The van der Waals surface area contributed by atoms with Crippen molar-refractivity contribution in [3.8, 4) is 0 Å². The van der Waals surface area contributed by atoms with Gasteiger partial charge in [0.25, 0.3) is 0 Å². The maximum atomic E-state index is 14.0. The Hall–Kier alpha value is -2.00. The van der Waals surface area contributed by atoms with Crippen LogP contribution in [-0.4, -0.2) is 11.9 Å². The summed E-state index contributed by atoms with van der Waals surface area (Å²) in [6, 6.07) is 14.8. The number of aldehydes is 1. The van der Waals surface area contributed by atoms with Gasteiger partial charge in [-0.3, -0.25) is 0 Å². The van der Waals surface area contributed by atoms with Gasteiger partial charge in [0.05, 0.1) is 12.2 Å². The maximum absolute atomic E-state index is 14.0. The van der Waals surface area contributed by atoms with Crippen LogP contribution >= 0.6 is 0 Å². The van der Waals surface area contributed by atoms with Crippen LogP contribution in [0.1, 0.15) is 37.0 Å².